The summed E-state index contributed by atoms with van der Waals surface area (Å²) in [6.07, 6.45) is 0.991. The van der Waals surface area contributed by atoms with E-state index >= 15 is 0 Å². The van der Waals surface area contributed by atoms with E-state index in [1.54, 1.807) is 0 Å². The molecule has 0 saturated carbocycles. The van der Waals surface area contributed by atoms with Crippen LogP contribution in [0.25, 0.3) is 11.0 Å². The number of benzene rings is 1. The molecule has 2 N–H and O–H groups in total. The van der Waals surface area contributed by atoms with Gasteiger partial charge in [0, 0.05) is 13.1 Å². The third kappa shape index (κ3) is 3.05. The number of aromatic amines is 1. The molecule has 1 heterocycles. The molecule has 0 spiro atoms. The number of likely N-dealkylation sites (N-methyl/N-ethyl adjacent to an activating group) is 1. The third-order valence-corrected chi connectivity index (χ3v) is 2.93. The summed E-state index contributed by atoms with van der Waals surface area (Å²) in [6, 6.07) is 6.33. The van der Waals surface area contributed by atoms with Crippen LogP contribution in [-0.4, -0.2) is 46.7 Å². The minimum absolute atomic E-state index is 0.218. The van der Waals surface area contributed by atoms with Crippen molar-refractivity contribution in [2.75, 3.05) is 26.7 Å². The summed E-state index contributed by atoms with van der Waals surface area (Å²) in [6.45, 7) is 3.87. The fraction of sp³-hybridized carbons (Fsp3) is 0.462. The fourth-order valence-electron chi connectivity index (χ4n) is 1.94. The number of imidazole rings is 1. The lowest BCUT2D eigenvalue weighted by Gasteiger charge is -2.14. The Morgan fingerprint density at radius 2 is 2.18 bits per heavy atom. The van der Waals surface area contributed by atoms with Gasteiger partial charge >= 0.3 is 0 Å². The maximum absolute atomic E-state index is 8.82. The molecule has 0 fully saturated rings. The highest BCUT2D eigenvalue weighted by atomic mass is 16.3. The summed E-state index contributed by atoms with van der Waals surface area (Å²) in [5, 5.41) is 8.82. The van der Waals surface area contributed by atoms with Crippen molar-refractivity contribution in [3.05, 3.63) is 29.6 Å². The van der Waals surface area contributed by atoms with Gasteiger partial charge in [-0.2, -0.15) is 0 Å². The predicted octanol–water partition coefficient (Wildman–Crippen LogP) is 1.34. The van der Waals surface area contributed by atoms with Crippen molar-refractivity contribution in [3.8, 4) is 0 Å². The molecular formula is C13H19N3O. The third-order valence-electron chi connectivity index (χ3n) is 2.93. The van der Waals surface area contributed by atoms with Crippen LogP contribution in [0.3, 0.4) is 0 Å². The van der Waals surface area contributed by atoms with E-state index in [0.717, 1.165) is 36.4 Å². The zero-order valence-corrected chi connectivity index (χ0v) is 10.4. The zero-order valence-electron chi connectivity index (χ0n) is 10.4. The number of rotatable bonds is 5. The molecule has 0 atom stereocenters. The van der Waals surface area contributed by atoms with E-state index in [1.165, 1.54) is 5.56 Å². The zero-order chi connectivity index (χ0) is 12.3. The van der Waals surface area contributed by atoms with Crippen LogP contribution in [0.5, 0.6) is 0 Å². The molecule has 17 heavy (non-hydrogen) atoms. The number of aryl methyl sites for hydroxylation is 1. The summed E-state index contributed by atoms with van der Waals surface area (Å²) in [5.41, 5.74) is 3.42. The first-order valence-electron chi connectivity index (χ1n) is 5.93. The minimum Gasteiger partial charge on any atom is -0.395 e. The number of hydrogen-bond donors (Lipinski definition) is 2. The molecule has 0 saturated heterocycles. The number of aliphatic hydroxyl groups is 1. The van der Waals surface area contributed by atoms with E-state index < -0.39 is 0 Å². The van der Waals surface area contributed by atoms with Crippen LogP contribution in [0.15, 0.2) is 18.2 Å². The second kappa shape index (κ2) is 5.29. The summed E-state index contributed by atoms with van der Waals surface area (Å²) in [5.74, 6) is 0.953. The quantitative estimate of drug-likeness (QED) is 0.819. The van der Waals surface area contributed by atoms with Gasteiger partial charge in [0.25, 0.3) is 0 Å². The first kappa shape index (κ1) is 12.1. The molecule has 1 aromatic heterocycles. The largest absolute Gasteiger partial charge is 0.395 e. The molecule has 0 bridgehead atoms. The average Bonchev–Trinajstić information content (AvgIpc) is 2.66. The standard InChI is InChI=1S/C13H19N3O/c1-10-14-12-4-3-11(9-13(12)15-10)5-6-16(2)7-8-17/h3-4,9,17H,5-8H2,1-2H3,(H,14,15). The number of fused-ring (bicyclic) bond motifs is 1. The van der Waals surface area contributed by atoms with Crippen LogP contribution in [0.4, 0.5) is 0 Å². The molecule has 0 aliphatic heterocycles. The number of nitrogens with zero attached hydrogens (tertiary/aromatic N) is 2. The van der Waals surface area contributed by atoms with E-state index in [9.17, 15) is 0 Å². The normalized spacial score (nSPS) is 11.5. The second-order valence-electron chi connectivity index (χ2n) is 4.45. The van der Waals surface area contributed by atoms with Gasteiger partial charge in [0.15, 0.2) is 0 Å². The van der Waals surface area contributed by atoms with E-state index in [1.807, 2.05) is 14.0 Å². The van der Waals surface area contributed by atoms with Crippen molar-refractivity contribution in [3.63, 3.8) is 0 Å². The molecule has 0 unspecified atom stereocenters. The average molecular weight is 233 g/mol. The Labute approximate surface area is 101 Å². The van der Waals surface area contributed by atoms with Gasteiger partial charge in [-0.25, -0.2) is 4.98 Å². The first-order chi connectivity index (χ1) is 8.19. The number of aliphatic hydroxyl groups excluding tert-OH is 1. The molecule has 92 valence electrons. The van der Waals surface area contributed by atoms with Crippen molar-refractivity contribution in [1.29, 1.82) is 0 Å². The van der Waals surface area contributed by atoms with Crippen LogP contribution < -0.4 is 0 Å². The molecule has 0 aliphatic rings. The van der Waals surface area contributed by atoms with Gasteiger partial charge in [-0.05, 0) is 38.1 Å². The summed E-state index contributed by atoms with van der Waals surface area (Å²) in [4.78, 5) is 9.75. The van der Waals surface area contributed by atoms with E-state index in [2.05, 4.69) is 33.1 Å². The monoisotopic (exact) mass is 233 g/mol. The van der Waals surface area contributed by atoms with Crippen molar-refractivity contribution in [1.82, 2.24) is 14.9 Å². The predicted molar refractivity (Wildman–Crippen MR) is 69.1 cm³/mol. The molecule has 4 nitrogen and oxygen atoms in total. The van der Waals surface area contributed by atoms with Gasteiger partial charge in [0.2, 0.25) is 0 Å². The van der Waals surface area contributed by atoms with Crippen LogP contribution in [-0.2, 0) is 6.42 Å². The number of hydrogen-bond acceptors (Lipinski definition) is 3. The van der Waals surface area contributed by atoms with Crippen molar-refractivity contribution in [2.24, 2.45) is 0 Å². The molecule has 0 radical (unpaired) electrons. The Morgan fingerprint density at radius 1 is 1.35 bits per heavy atom. The van der Waals surface area contributed by atoms with Crippen LogP contribution >= 0.6 is 0 Å². The van der Waals surface area contributed by atoms with Gasteiger partial charge in [-0.15, -0.1) is 0 Å². The molecular weight excluding hydrogens is 214 g/mol. The van der Waals surface area contributed by atoms with E-state index in [4.69, 9.17) is 5.11 Å². The number of nitrogens with one attached hydrogen (secondary N) is 1. The summed E-state index contributed by atoms with van der Waals surface area (Å²) >= 11 is 0. The van der Waals surface area contributed by atoms with Gasteiger partial charge in [-0.3, -0.25) is 0 Å². The number of aromatic nitrogens is 2. The molecule has 1 aromatic carbocycles. The highest BCUT2D eigenvalue weighted by Gasteiger charge is 2.02. The molecule has 0 amide bonds. The van der Waals surface area contributed by atoms with Crippen molar-refractivity contribution >= 4 is 11.0 Å². The SMILES string of the molecule is Cc1nc2ccc(CCN(C)CCO)cc2[nH]1. The maximum atomic E-state index is 8.82. The second-order valence-corrected chi connectivity index (χ2v) is 4.45. The Balaban J connectivity index is 2.03. The van der Waals surface area contributed by atoms with Gasteiger partial charge in [-0.1, -0.05) is 6.07 Å². The smallest absolute Gasteiger partial charge is 0.104 e. The lowest BCUT2D eigenvalue weighted by molar-refractivity contribution is 0.223. The lowest BCUT2D eigenvalue weighted by Crippen LogP contribution is -2.24. The lowest BCUT2D eigenvalue weighted by atomic mass is 10.1. The Hall–Kier alpha value is -1.39. The Kier molecular flexibility index (Phi) is 3.76. The van der Waals surface area contributed by atoms with Gasteiger partial charge < -0.3 is 15.0 Å². The molecule has 0 aliphatic carbocycles. The number of H-pyrrole nitrogens is 1. The van der Waals surface area contributed by atoms with E-state index in [-0.39, 0.29) is 6.61 Å². The minimum atomic E-state index is 0.218. The van der Waals surface area contributed by atoms with Crippen molar-refractivity contribution < 1.29 is 5.11 Å². The highest BCUT2D eigenvalue weighted by molar-refractivity contribution is 5.75. The van der Waals surface area contributed by atoms with Crippen LogP contribution in [0, 0.1) is 6.92 Å². The van der Waals surface area contributed by atoms with Crippen LogP contribution in [0.1, 0.15) is 11.4 Å². The Morgan fingerprint density at radius 3 is 2.94 bits per heavy atom. The molecule has 2 rings (SSSR count). The molecule has 2 aromatic rings. The maximum Gasteiger partial charge on any atom is 0.104 e. The summed E-state index contributed by atoms with van der Waals surface area (Å²) < 4.78 is 0. The van der Waals surface area contributed by atoms with Gasteiger partial charge in [0.05, 0.1) is 17.6 Å². The molecule has 4 heteroatoms. The van der Waals surface area contributed by atoms with Gasteiger partial charge in [0.1, 0.15) is 5.82 Å². The van der Waals surface area contributed by atoms with E-state index in [0.29, 0.717) is 0 Å². The fourth-order valence-corrected chi connectivity index (χ4v) is 1.94. The highest BCUT2D eigenvalue weighted by Crippen LogP contribution is 2.14. The first-order valence-corrected chi connectivity index (χ1v) is 5.93. The van der Waals surface area contributed by atoms with Crippen LogP contribution in [0.2, 0.25) is 0 Å². The topological polar surface area (TPSA) is 52.1 Å². The van der Waals surface area contributed by atoms with Crippen molar-refractivity contribution in [2.45, 2.75) is 13.3 Å². The summed E-state index contributed by atoms with van der Waals surface area (Å²) in [7, 11) is 2.02. The Bertz CT molecular complexity index is 492.